The first-order chi connectivity index (χ1) is 9.76. The minimum Gasteiger partial charge on any atom is -0.396 e. The van der Waals surface area contributed by atoms with Crippen molar-refractivity contribution < 1.29 is 24.4 Å². The van der Waals surface area contributed by atoms with Gasteiger partial charge in [0, 0.05) is 6.61 Å². The van der Waals surface area contributed by atoms with Gasteiger partial charge in [0.2, 0.25) is 0 Å². The third-order valence-corrected chi connectivity index (χ3v) is 3.27. The average molecular weight is 290 g/mol. The van der Waals surface area contributed by atoms with Crippen LogP contribution in [-0.4, -0.2) is 61.6 Å². The molecule has 20 heavy (non-hydrogen) atoms. The quantitative estimate of drug-likeness (QED) is 0.445. The van der Waals surface area contributed by atoms with Crippen LogP contribution in [0.5, 0.6) is 0 Å². The Balaban J connectivity index is 0.000000202. The van der Waals surface area contributed by atoms with Gasteiger partial charge in [-0.15, -0.1) is 0 Å². The smallest absolute Gasteiger partial charge is 0.104 e. The van der Waals surface area contributed by atoms with E-state index in [-0.39, 0.29) is 12.7 Å². The van der Waals surface area contributed by atoms with Crippen LogP contribution in [0, 0.1) is 0 Å². The predicted molar refractivity (Wildman–Crippen MR) is 76.8 cm³/mol. The summed E-state index contributed by atoms with van der Waals surface area (Å²) in [5.74, 6) is 0. The summed E-state index contributed by atoms with van der Waals surface area (Å²) in [6.45, 7) is 5.54. The van der Waals surface area contributed by atoms with Crippen molar-refractivity contribution in [3.05, 3.63) is 0 Å². The van der Waals surface area contributed by atoms with Crippen molar-refractivity contribution in [3.63, 3.8) is 0 Å². The highest BCUT2D eigenvalue weighted by Gasteiger charge is 2.26. The van der Waals surface area contributed by atoms with E-state index in [1.807, 2.05) is 0 Å². The Morgan fingerprint density at radius 1 is 1.05 bits per heavy atom. The zero-order valence-corrected chi connectivity index (χ0v) is 12.6. The van der Waals surface area contributed by atoms with Crippen LogP contribution >= 0.6 is 0 Å². The Kier molecular flexibility index (Phi) is 10.2. The van der Waals surface area contributed by atoms with Gasteiger partial charge in [0.15, 0.2) is 0 Å². The maximum atomic E-state index is 9.19. The molecule has 2 aliphatic rings. The summed E-state index contributed by atoms with van der Waals surface area (Å²) in [5.41, 5.74) is 0. The SMILES string of the molecule is C(OCC1CO1)C1CO1.CCCCCCC(O)CCO. The lowest BCUT2D eigenvalue weighted by Crippen LogP contribution is -2.08. The van der Waals surface area contributed by atoms with Gasteiger partial charge in [-0.1, -0.05) is 32.6 Å². The van der Waals surface area contributed by atoms with Crippen molar-refractivity contribution in [2.75, 3.05) is 33.0 Å². The molecular formula is C15H30O5. The molecule has 0 aromatic heterocycles. The van der Waals surface area contributed by atoms with Crippen LogP contribution in [0.25, 0.3) is 0 Å². The predicted octanol–water partition coefficient (Wildman–Crippen LogP) is 1.50. The minimum atomic E-state index is -0.281. The van der Waals surface area contributed by atoms with E-state index in [1.165, 1.54) is 19.3 Å². The van der Waals surface area contributed by atoms with Crippen LogP contribution in [0.3, 0.4) is 0 Å². The number of aliphatic hydroxyl groups excluding tert-OH is 2. The van der Waals surface area contributed by atoms with Crippen LogP contribution in [0.1, 0.15) is 45.4 Å². The monoisotopic (exact) mass is 290 g/mol. The molecule has 3 unspecified atom stereocenters. The molecule has 0 radical (unpaired) electrons. The van der Waals surface area contributed by atoms with Gasteiger partial charge in [0.25, 0.3) is 0 Å². The number of aliphatic hydroxyl groups is 2. The lowest BCUT2D eigenvalue weighted by molar-refractivity contribution is 0.102. The van der Waals surface area contributed by atoms with Crippen LogP contribution in [0.4, 0.5) is 0 Å². The first-order valence-corrected chi connectivity index (χ1v) is 7.86. The molecule has 3 atom stereocenters. The van der Waals surface area contributed by atoms with Gasteiger partial charge in [0.05, 0.1) is 32.5 Å². The molecule has 2 N–H and O–H groups in total. The van der Waals surface area contributed by atoms with Gasteiger partial charge < -0.3 is 24.4 Å². The number of ether oxygens (including phenoxy) is 3. The normalized spacial score (nSPS) is 24.8. The first kappa shape index (κ1) is 17.9. The van der Waals surface area contributed by atoms with Gasteiger partial charge in [-0.05, 0) is 12.8 Å². The molecule has 120 valence electrons. The third kappa shape index (κ3) is 11.6. The molecule has 2 rings (SSSR count). The Morgan fingerprint density at radius 2 is 1.65 bits per heavy atom. The van der Waals surface area contributed by atoms with Crippen LogP contribution in [0.15, 0.2) is 0 Å². The second-order valence-corrected chi connectivity index (χ2v) is 5.46. The molecule has 0 spiro atoms. The van der Waals surface area contributed by atoms with Crippen molar-refractivity contribution in [1.82, 2.24) is 0 Å². The zero-order valence-electron chi connectivity index (χ0n) is 12.6. The maximum Gasteiger partial charge on any atom is 0.104 e. The second kappa shape index (κ2) is 11.5. The Labute approximate surface area is 122 Å². The highest BCUT2D eigenvalue weighted by molar-refractivity contribution is 4.71. The largest absolute Gasteiger partial charge is 0.396 e. The summed E-state index contributed by atoms with van der Waals surface area (Å²) in [6, 6.07) is 0. The van der Waals surface area contributed by atoms with Crippen molar-refractivity contribution in [2.45, 2.75) is 63.8 Å². The maximum absolute atomic E-state index is 9.19. The molecule has 5 heteroatoms. The topological polar surface area (TPSA) is 74.8 Å². The van der Waals surface area contributed by atoms with E-state index in [9.17, 15) is 5.11 Å². The summed E-state index contributed by atoms with van der Waals surface area (Å²) < 4.78 is 15.1. The van der Waals surface area contributed by atoms with E-state index in [1.54, 1.807) is 0 Å². The summed E-state index contributed by atoms with van der Waals surface area (Å²) in [6.07, 6.45) is 6.67. The fourth-order valence-electron chi connectivity index (χ4n) is 1.76. The number of unbranched alkanes of at least 4 members (excludes halogenated alkanes) is 3. The second-order valence-electron chi connectivity index (χ2n) is 5.46. The summed E-state index contributed by atoms with van der Waals surface area (Å²) in [7, 11) is 0. The molecule has 0 saturated carbocycles. The number of epoxide rings is 2. The van der Waals surface area contributed by atoms with Gasteiger partial charge in [-0.25, -0.2) is 0 Å². The van der Waals surface area contributed by atoms with E-state index in [4.69, 9.17) is 19.3 Å². The molecule has 2 heterocycles. The lowest BCUT2D eigenvalue weighted by atomic mass is 10.1. The van der Waals surface area contributed by atoms with E-state index in [0.29, 0.717) is 18.6 Å². The minimum absolute atomic E-state index is 0.106. The first-order valence-electron chi connectivity index (χ1n) is 7.86. The summed E-state index contributed by atoms with van der Waals surface area (Å²) in [4.78, 5) is 0. The Bertz CT molecular complexity index is 204. The van der Waals surface area contributed by atoms with E-state index in [0.717, 1.165) is 39.3 Å². The van der Waals surface area contributed by atoms with Gasteiger partial charge >= 0.3 is 0 Å². The molecule has 5 nitrogen and oxygen atoms in total. The third-order valence-electron chi connectivity index (χ3n) is 3.27. The number of rotatable bonds is 11. The molecule has 0 aromatic rings. The van der Waals surface area contributed by atoms with Gasteiger partial charge in [0.1, 0.15) is 12.2 Å². The average Bonchev–Trinajstić information content (AvgIpc) is 3.30. The number of hydrogen-bond acceptors (Lipinski definition) is 5. The molecule has 0 bridgehead atoms. The van der Waals surface area contributed by atoms with Gasteiger partial charge in [-0.3, -0.25) is 0 Å². The van der Waals surface area contributed by atoms with Crippen molar-refractivity contribution in [3.8, 4) is 0 Å². The van der Waals surface area contributed by atoms with Crippen molar-refractivity contribution in [2.24, 2.45) is 0 Å². The summed E-state index contributed by atoms with van der Waals surface area (Å²) in [5, 5.41) is 17.7. The van der Waals surface area contributed by atoms with Crippen molar-refractivity contribution in [1.29, 1.82) is 0 Å². The lowest BCUT2D eigenvalue weighted by Gasteiger charge is -2.07. The summed E-state index contributed by atoms with van der Waals surface area (Å²) >= 11 is 0. The number of hydrogen-bond donors (Lipinski definition) is 2. The fraction of sp³-hybridized carbons (Fsp3) is 1.00. The zero-order chi connectivity index (χ0) is 14.6. The van der Waals surface area contributed by atoms with Crippen LogP contribution < -0.4 is 0 Å². The van der Waals surface area contributed by atoms with E-state index < -0.39 is 0 Å². The van der Waals surface area contributed by atoms with Crippen LogP contribution in [0.2, 0.25) is 0 Å². The van der Waals surface area contributed by atoms with E-state index in [2.05, 4.69) is 6.92 Å². The van der Waals surface area contributed by atoms with Crippen LogP contribution in [-0.2, 0) is 14.2 Å². The molecule has 2 saturated heterocycles. The Morgan fingerprint density at radius 3 is 2.10 bits per heavy atom. The Hall–Kier alpha value is -0.200. The van der Waals surface area contributed by atoms with Gasteiger partial charge in [-0.2, -0.15) is 0 Å². The molecule has 0 amide bonds. The fourth-order valence-corrected chi connectivity index (χ4v) is 1.76. The molecule has 0 aromatic carbocycles. The molecule has 2 fully saturated rings. The molecule has 0 aliphatic carbocycles. The molecule has 2 aliphatic heterocycles. The van der Waals surface area contributed by atoms with Crippen molar-refractivity contribution >= 4 is 0 Å². The molecular weight excluding hydrogens is 260 g/mol. The van der Waals surface area contributed by atoms with E-state index >= 15 is 0 Å². The highest BCUT2D eigenvalue weighted by Crippen LogP contribution is 2.12. The standard InChI is InChI=1S/C9H20O2.C6H10O3/c1-2-3-4-5-6-9(11)7-8-10;1(5-3-8-5)7-2-6-4-9-6/h9-11H,2-8H2,1H3;5-6H,1-4H2. The highest BCUT2D eigenvalue weighted by atomic mass is 16.6.